The van der Waals surface area contributed by atoms with Gasteiger partial charge in [-0.3, -0.25) is 0 Å². The van der Waals surface area contributed by atoms with Crippen molar-refractivity contribution in [1.29, 1.82) is 10.5 Å². The molecule has 0 saturated heterocycles. The third-order valence-corrected chi connectivity index (χ3v) is 12.9. The lowest BCUT2D eigenvalue weighted by molar-refractivity contribution is 0.832. The largest absolute Gasteiger partial charge is 0.308 e. The molecule has 4 nitrogen and oxygen atoms in total. The lowest BCUT2D eigenvalue weighted by atomic mass is 9.78. The monoisotopic (exact) mass is 758 g/mol. The van der Waals surface area contributed by atoms with Crippen molar-refractivity contribution in [3.05, 3.63) is 168 Å². The number of para-hydroxylation sites is 4. The van der Waals surface area contributed by atoms with E-state index in [2.05, 4.69) is 171 Å². The highest BCUT2D eigenvalue weighted by Crippen LogP contribution is 2.62. The fourth-order valence-corrected chi connectivity index (χ4v) is 10.4. The summed E-state index contributed by atoms with van der Waals surface area (Å²) in [7, 11) is 0. The minimum absolute atomic E-state index is 0.0838. The van der Waals surface area contributed by atoms with Crippen molar-refractivity contribution in [2.75, 3.05) is 9.80 Å². The van der Waals surface area contributed by atoms with Gasteiger partial charge in [0.25, 0.3) is 0 Å². The van der Waals surface area contributed by atoms with Gasteiger partial charge in [-0.15, -0.1) is 0 Å². The van der Waals surface area contributed by atoms with Crippen LogP contribution in [-0.2, 0) is 0 Å². The second kappa shape index (κ2) is 14.5. The van der Waals surface area contributed by atoms with Crippen LogP contribution in [0.1, 0.15) is 61.8 Å². The molecule has 0 saturated carbocycles. The molecule has 0 fully saturated rings. The smallest absolute Gasteiger partial charge is 0.0991 e. The summed E-state index contributed by atoms with van der Waals surface area (Å²) >= 11 is 3.62. The zero-order chi connectivity index (χ0) is 38.5. The molecule has 0 radical (unpaired) electrons. The predicted octanol–water partition coefficient (Wildman–Crippen LogP) is 14.9. The summed E-state index contributed by atoms with van der Waals surface area (Å²) in [6.45, 7) is 9.24. The van der Waals surface area contributed by atoms with E-state index in [1.165, 1.54) is 36.4 Å². The van der Waals surface area contributed by atoms with Gasteiger partial charge >= 0.3 is 0 Å². The van der Waals surface area contributed by atoms with E-state index in [4.69, 9.17) is 0 Å². The summed E-state index contributed by atoms with van der Waals surface area (Å²) in [5.74, 6) is 0.168. The summed E-state index contributed by atoms with van der Waals surface area (Å²) in [5, 5.41) is 19.9. The van der Waals surface area contributed by atoms with Crippen LogP contribution < -0.4 is 9.80 Å². The maximum atomic E-state index is 9.96. The number of fused-ring (bicyclic) bond motifs is 4. The summed E-state index contributed by atoms with van der Waals surface area (Å²) in [5.41, 5.74) is 14.8. The van der Waals surface area contributed by atoms with Gasteiger partial charge in [-0.25, -0.2) is 0 Å². The number of rotatable bonds is 6. The summed E-state index contributed by atoms with van der Waals surface area (Å²) in [6.07, 6.45) is 0. The van der Waals surface area contributed by atoms with Gasteiger partial charge in [-0.05, 0) is 107 Å². The summed E-state index contributed by atoms with van der Waals surface area (Å²) < 4.78 is 0. The Kier molecular flexibility index (Phi) is 9.18. The van der Waals surface area contributed by atoms with Gasteiger partial charge in [-0.2, -0.15) is 10.5 Å². The van der Waals surface area contributed by atoms with Crippen LogP contribution >= 0.6 is 23.5 Å². The molecule has 0 unspecified atom stereocenters. The topological polar surface area (TPSA) is 54.1 Å². The number of hydrogen-bond donors (Lipinski definition) is 0. The Morgan fingerprint density at radius 3 is 1.02 bits per heavy atom. The second-order valence-electron chi connectivity index (χ2n) is 14.7. The molecular weight excluding hydrogens is 721 g/mol. The number of nitrogens with zero attached hydrogens (tertiary/aromatic N) is 4. The molecule has 0 spiro atoms. The quantitative estimate of drug-likeness (QED) is 0.168. The first-order valence-electron chi connectivity index (χ1n) is 18.9. The number of benzene rings is 7. The van der Waals surface area contributed by atoms with Gasteiger partial charge in [-0.1, -0.05) is 124 Å². The third-order valence-electron chi connectivity index (χ3n) is 10.6. The van der Waals surface area contributed by atoms with Crippen molar-refractivity contribution in [3.8, 4) is 34.4 Å². The van der Waals surface area contributed by atoms with Crippen molar-refractivity contribution >= 4 is 57.6 Å². The van der Waals surface area contributed by atoms with Crippen LogP contribution in [0.5, 0.6) is 0 Å². The molecule has 0 N–H and O–H groups in total. The number of hydrogen-bond acceptors (Lipinski definition) is 6. The lowest BCUT2D eigenvalue weighted by Crippen LogP contribution is -2.23. The van der Waals surface area contributed by atoms with Crippen LogP contribution in [0.2, 0.25) is 0 Å². The minimum Gasteiger partial charge on any atom is -0.308 e. The molecule has 0 atom stereocenters. The standard InChI is InChI=1S/C50H38N4S2/c1-31(2)45-47(35-25-21-33(29-51)22-26-35)50(54-39-15-7-11-19-43(39)56-44-20-12-8-16-40(44)54)48(36-27-23-34(30-52)24-28-36)46(32(3)4)49(45)53-37-13-5-9-17-41(37)55-42-18-10-6-14-38(42)53/h5-28,31-32H,1-4H3. The molecule has 2 aliphatic heterocycles. The van der Waals surface area contributed by atoms with Crippen LogP contribution in [0.3, 0.4) is 0 Å². The van der Waals surface area contributed by atoms with E-state index in [0.29, 0.717) is 11.1 Å². The third kappa shape index (κ3) is 5.85. The lowest BCUT2D eigenvalue weighted by Gasteiger charge is -2.42. The minimum atomic E-state index is 0.0838. The van der Waals surface area contributed by atoms with Crippen molar-refractivity contribution in [3.63, 3.8) is 0 Å². The van der Waals surface area contributed by atoms with Crippen molar-refractivity contribution < 1.29 is 0 Å². The summed E-state index contributed by atoms with van der Waals surface area (Å²) in [4.78, 5) is 9.77. The van der Waals surface area contributed by atoms with Gasteiger partial charge in [0.2, 0.25) is 0 Å². The van der Waals surface area contributed by atoms with E-state index in [9.17, 15) is 10.5 Å². The highest BCUT2D eigenvalue weighted by atomic mass is 32.2. The van der Waals surface area contributed by atoms with Gasteiger partial charge < -0.3 is 9.80 Å². The maximum absolute atomic E-state index is 9.96. The molecule has 56 heavy (non-hydrogen) atoms. The van der Waals surface area contributed by atoms with E-state index in [1.807, 2.05) is 36.0 Å². The molecule has 9 rings (SSSR count). The average Bonchev–Trinajstić information content (AvgIpc) is 3.23. The van der Waals surface area contributed by atoms with Crippen LogP contribution in [0.15, 0.2) is 165 Å². The summed E-state index contributed by atoms with van der Waals surface area (Å²) in [6, 6.07) is 55.8. The SMILES string of the molecule is CC(C)c1c(-c2ccc(C#N)cc2)c(N2c3ccccc3Sc3ccccc32)c(-c2ccc(C#N)cc2)c(C(C)C)c1N1c2ccccc2Sc2ccccc21. The van der Waals surface area contributed by atoms with Crippen molar-refractivity contribution in [2.24, 2.45) is 0 Å². The second-order valence-corrected chi connectivity index (χ2v) is 16.9. The Morgan fingerprint density at radius 2 is 0.714 bits per heavy atom. The first-order valence-corrected chi connectivity index (χ1v) is 20.6. The molecule has 2 heterocycles. The van der Waals surface area contributed by atoms with Crippen LogP contribution in [0, 0.1) is 22.7 Å². The van der Waals surface area contributed by atoms with E-state index in [1.54, 1.807) is 11.8 Å². The average molecular weight is 759 g/mol. The Morgan fingerprint density at radius 1 is 0.411 bits per heavy atom. The Balaban J connectivity index is 1.54. The van der Waals surface area contributed by atoms with Gasteiger partial charge in [0.15, 0.2) is 0 Å². The maximum Gasteiger partial charge on any atom is 0.0991 e. The van der Waals surface area contributed by atoms with Crippen LogP contribution in [0.25, 0.3) is 22.3 Å². The predicted molar refractivity (Wildman–Crippen MR) is 233 cm³/mol. The first kappa shape index (κ1) is 35.5. The number of anilines is 6. The van der Waals surface area contributed by atoms with Crippen LogP contribution in [0.4, 0.5) is 34.1 Å². The van der Waals surface area contributed by atoms with Gasteiger partial charge in [0.1, 0.15) is 0 Å². The highest BCUT2D eigenvalue weighted by molar-refractivity contribution is 8.00. The molecule has 270 valence electrons. The molecule has 6 heteroatoms. The molecule has 0 bridgehead atoms. The van der Waals surface area contributed by atoms with Gasteiger partial charge in [0, 0.05) is 30.7 Å². The molecule has 0 aromatic heterocycles. The van der Waals surface area contributed by atoms with E-state index >= 15 is 0 Å². The normalized spacial score (nSPS) is 12.7. The van der Waals surface area contributed by atoms with Crippen molar-refractivity contribution in [2.45, 2.75) is 59.1 Å². The Labute approximate surface area is 337 Å². The first-order chi connectivity index (χ1) is 27.4. The fraction of sp³-hybridized carbons (Fsp3) is 0.120. The molecule has 0 amide bonds. The molecule has 7 aromatic carbocycles. The van der Waals surface area contributed by atoms with E-state index in [0.717, 1.165) is 50.7 Å². The molecular formula is C50H38N4S2. The molecule has 7 aromatic rings. The van der Waals surface area contributed by atoms with Gasteiger partial charge in [0.05, 0.1) is 57.4 Å². The number of nitriles is 2. The zero-order valence-corrected chi connectivity index (χ0v) is 33.2. The Bertz CT molecular complexity index is 2550. The Hall–Kier alpha value is -6.18. The fourth-order valence-electron chi connectivity index (χ4n) is 8.25. The molecule has 0 aliphatic carbocycles. The zero-order valence-electron chi connectivity index (χ0n) is 31.6. The van der Waals surface area contributed by atoms with Crippen LogP contribution in [-0.4, -0.2) is 0 Å². The van der Waals surface area contributed by atoms with E-state index < -0.39 is 0 Å². The van der Waals surface area contributed by atoms with E-state index in [-0.39, 0.29) is 11.8 Å². The molecule has 2 aliphatic rings. The highest BCUT2D eigenvalue weighted by Gasteiger charge is 2.38. The van der Waals surface area contributed by atoms with Crippen molar-refractivity contribution in [1.82, 2.24) is 0 Å².